The Morgan fingerprint density at radius 1 is 0.947 bits per heavy atom. The fraction of sp³-hybridized carbons (Fsp3) is 0.0667. The topological polar surface area (TPSA) is 30.7 Å². The third-order valence-corrected chi connectivity index (χ3v) is 3.18. The predicted molar refractivity (Wildman–Crippen MR) is 76.5 cm³/mol. The first kappa shape index (κ1) is 11.9. The Kier molecular flexibility index (Phi) is 3.05. The van der Waals surface area contributed by atoms with Gasteiger partial charge in [-0.25, -0.2) is 9.67 Å². The summed E-state index contributed by atoms with van der Waals surface area (Å²) in [5.74, 6) is 0.806. The standard InChI is InChI=1S/C15H12ClN3/c1-11-2-8-14(9-3-11)19-15(17-10-18-19)12-4-6-13(16)7-5-12/h2-10H,1H3. The maximum Gasteiger partial charge on any atom is 0.163 e. The van der Waals surface area contributed by atoms with E-state index >= 15 is 0 Å². The number of hydrogen-bond acceptors (Lipinski definition) is 2. The molecule has 3 nitrogen and oxygen atoms in total. The molecule has 0 radical (unpaired) electrons. The number of nitrogens with zero attached hydrogens (tertiary/aromatic N) is 3. The maximum absolute atomic E-state index is 5.90. The van der Waals surface area contributed by atoms with Crippen molar-refractivity contribution in [1.82, 2.24) is 14.8 Å². The average Bonchev–Trinajstić information content (AvgIpc) is 2.90. The molecular weight excluding hydrogens is 258 g/mol. The van der Waals surface area contributed by atoms with Gasteiger partial charge in [-0.15, -0.1) is 0 Å². The molecule has 0 N–H and O–H groups in total. The van der Waals surface area contributed by atoms with Crippen LogP contribution in [0.5, 0.6) is 0 Å². The molecule has 1 aromatic heterocycles. The zero-order valence-electron chi connectivity index (χ0n) is 10.4. The van der Waals surface area contributed by atoms with E-state index in [1.54, 1.807) is 6.33 Å². The highest BCUT2D eigenvalue weighted by Gasteiger charge is 2.08. The van der Waals surface area contributed by atoms with Gasteiger partial charge in [0.05, 0.1) is 5.69 Å². The Morgan fingerprint density at radius 3 is 2.32 bits per heavy atom. The lowest BCUT2D eigenvalue weighted by atomic mass is 10.2. The molecule has 3 rings (SSSR count). The molecule has 0 aliphatic heterocycles. The summed E-state index contributed by atoms with van der Waals surface area (Å²) < 4.78 is 1.82. The quantitative estimate of drug-likeness (QED) is 0.706. The molecule has 0 saturated heterocycles. The second-order valence-electron chi connectivity index (χ2n) is 4.34. The first-order chi connectivity index (χ1) is 9.24. The van der Waals surface area contributed by atoms with Crippen LogP contribution in [0.4, 0.5) is 0 Å². The van der Waals surface area contributed by atoms with E-state index in [1.807, 2.05) is 41.1 Å². The van der Waals surface area contributed by atoms with E-state index in [-0.39, 0.29) is 0 Å². The fourth-order valence-corrected chi connectivity index (χ4v) is 2.04. The van der Waals surface area contributed by atoms with E-state index in [1.165, 1.54) is 5.56 Å². The molecule has 19 heavy (non-hydrogen) atoms. The largest absolute Gasteiger partial charge is 0.215 e. The van der Waals surface area contributed by atoms with Crippen LogP contribution in [0.1, 0.15) is 5.56 Å². The molecule has 0 spiro atoms. The highest BCUT2D eigenvalue weighted by Crippen LogP contribution is 2.21. The zero-order valence-corrected chi connectivity index (χ0v) is 11.2. The van der Waals surface area contributed by atoms with Gasteiger partial charge in [-0.1, -0.05) is 29.3 Å². The van der Waals surface area contributed by atoms with Crippen LogP contribution in [0, 0.1) is 6.92 Å². The first-order valence-electron chi connectivity index (χ1n) is 5.97. The maximum atomic E-state index is 5.90. The summed E-state index contributed by atoms with van der Waals surface area (Å²) in [6.07, 6.45) is 1.56. The molecule has 0 aliphatic carbocycles. The molecule has 2 aromatic carbocycles. The second kappa shape index (κ2) is 4.86. The van der Waals surface area contributed by atoms with Crippen molar-refractivity contribution < 1.29 is 0 Å². The third-order valence-electron chi connectivity index (χ3n) is 2.93. The predicted octanol–water partition coefficient (Wildman–Crippen LogP) is 3.90. The molecule has 0 saturated carbocycles. The molecule has 4 heteroatoms. The van der Waals surface area contributed by atoms with E-state index < -0.39 is 0 Å². The van der Waals surface area contributed by atoms with Gasteiger partial charge in [0.1, 0.15) is 6.33 Å². The smallest absolute Gasteiger partial charge is 0.163 e. The molecule has 0 aliphatic rings. The van der Waals surface area contributed by atoms with Crippen molar-refractivity contribution in [2.45, 2.75) is 6.92 Å². The summed E-state index contributed by atoms with van der Waals surface area (Å²) in [5, 5.41) is 5.00. The summed E-state index contributed by atoms with van der Waals surface area (Å²) in [4.78, 5) is 4.32. The van der Waals surface area contributed by atoms with E-state index in [0.717, 1.165) is 17.1 Å². The molecule has 0 amide bonds. The summed E-state index contributed by atoms with van der Waals surface area (Å²) in [5.41, 5.74) is 3.20. The SMILES string of the molecule is Cc1ccc(-n2ncnc2-c2ccc(Cl)cc2)cc1. The van der Waals surface area contributed by atoms with Crippen molar-refractivity contribution >= 4 is 11.6 Å². The lowest BCUT2D eigenvalue weighted by Crippen LogP contribution is -1.99. The Labute approximate surface area is 116 Å². The van der Waals surface area contributed by atoms with Gasteiger partial charge in [0, 0.05) is 10.6 Å². The van der Waals surface area contributed by atoms with Crippen LogP contribution in [-0.4, -0.2) is 14.8 Å². The highest BCUT2D eigenvalue weighted by atomic mass is 35.5. The second-order valence-corrected chi connectivity index (χ2v) is 4.77. The summed E-state index contributed by atoms with van der Waals surface area (Å²) >= 11 is 5.90. The van der Waals surface area contributed by atoms with E-state index in [9.17, 15) is 0 Å². The molecule has 0 fully saturated rings. The van der Waals surface area contributed by atoms with Gasteiger partial charge in [-0.2, -0.15) is 5.10 Å². The summed E-state index contributed by atoms with van der Waals surface area (Å²) in [6, 6.07) is 15.8. The van der Waals surface area contributed by atoms with Crippen LogP contribution in [0.25, 0.3) is 17.1 Å². The van der Waals surface area contributed by atoms with Gasteiger partial charge in [0.25, 0.3) is 0 Å². The van der Waals surface area contributed by atoms with Crippen LogP contribution in [0.2, 0.25) is 5.02 Å². The molecular formula is C15H12ClN3. The molecule has 0 bridgehead atoms. The number of benzene rings is 2. The molecule has 3 aromatic rings. The number of rotatable bonds is 2. The summed E-state index contributed by atoms with van der Waals surface area (Å²) in [7, 11) is 0. The van der Waals surface area contributed by atoms with Gasteiger partial charge in [-0.3, -0.25) is 0 Å². The Balaban J connectivity index is 2.07. The lowest BCUT2D eigenvalue weighted by molar-refractivity contribution is 0.886. The minimum absolute atomic E-state index is 0.713. The van der Waals surface area contributed by atoms with Crippen LogP contribution >= 0.6 is 11.6 Å². The van der Waals surface area contributed by atoms with Gasteiger partial charge in [0.2, 0.25) is 0 Å². The van der Waals surface area contributed by atoms with Gasteiger partial charge < -0.3 is 0 Å². The Morgan fingerprint density at radius 2 is 1.63 bits per heavy atom. The number of aryl methyl sites for hydroxylation is 1. The lowest BCUT2D eigenvalue weighted by Gasteiger charge is -2.06. The van der Waals surface area contributed by atoms with E-state index in [2.05, 4.69) is 29.1 Å². The minimum atomic E-state index is 0.713. The fourth-order valence-electron chi connectivity index (χ4n) is 1.91. The zero-order chi connectivity index (χ0) is 13.2. The van der Waals surface area contributed by atoms with Gasteiger partial charge >= 0.3 is 0 Å². The summed E-state index contributed by atoms with van der Waals surface area (Å²) in [6.45, 7) is 2.06. The van der Waals surface area contributed by atoms with Crippen molar-refractivity contribution in [2.24, 2.45) is 0 Å². The van der Waals surface area contributed by atoms with Crippen molar-refractivity contribution in [2.75, 3.05) is 0 Å². The first-order valence-corrected chi connectivity index (χ1v) is 6.35. The van der Waals surface area contributed by atoms with Crippen LogP contribution in [-0.2, 0) is 0 Å². The van der Waals surface area contributed by atoms with Crippen molar-refractivity contribution in [3.63, 3.8) is 0 Å². The molecule has 1 heterocycles. The number of halogens is 1. The molecule has 94 valence electrons. The van der Waals surface area contributed by atoms with Crippen molar-refractivity contribution in [3.05, 3.63) is 65.4 Å². The van der Waals surface area contributed by atoms with E-state index in [4.69, 9.17) is 11.6 Å². The normalized spacial score (nSPS) is 10.6. The monoisotopic (exact) mass is 269 g/mol. The minimum Gasteiger partial charge on any atom is -0.215 e. The van der Waals surface area contributed by atoms with Crippen LogP contribution < -0.4 is 0 Å². The average molecular weight is 270 g/mol. The van der Waals surface area contributed by atoms with Crippen molar-refractivity contribution in [3.8, 4) is 17.1 Å². The number of hydrogen-bond donors (Lipinski definition) is 0. The Hall–Kier alpha value is -2.13. The van der Waals surface area contributed by atoms with Gasteiger partial charge in [-0.05, 0) is 43.3 Å². The van der Waals surface area contributed by atoms with Gasteiger partial charge in [0.15, 0.2) is 5.82 Å². The molecule has 0 unspecified atom stereocenters. The number of aromatic nitrogens is 3. The third kappa shape index (κ3) is 2.37. The van der Waals surface area contributed by atoms with Crippen molar-refractivity contribution in [1.29, 1.82) is 0 Å². The Bertz CT molecular complexity index is 624. The van der Waals surface area contributed by atoms with E-state index in [0.29, 0.717) is 5.02 Å². The molecule has 0 atom stereocenters. The van der Waals surface area contributed by atoms with Crippen LogP contribution in [0.3, 0.4) is 0 Å². The highest BCUT2D eigenvalue weighted by molar-refractivity contribution is 6.30. The van der Waals surface area contributed by atoms with Crippen LogP contribution in [0.15, 0.2) is 54.9 Å².